The summed E-state index contributed by atoms with van der Waals surface area (Å²) < 4.78 is 2.08. The van der Waals surface area contributed by atoms with Crippen molar-refractivity contribution in [2.24, 2.45) is 0 Å². The molecule has 0 radical (unpaired) electrons. The molecule has 0 aliphatic heterocycles. The topological polar surface area (TPSA) is 59.3 Å². The molecular formula is C18H16N4OS2. The molecule has 126 valence electrons. The summed E-state index contributed by atoms with van der Waals surface area (Å²) in [5.41, 5.74) is 4.07. The number of hydrogen-bond donors (Lipinski definition) is 1. The summed E-state index contributed by atoms with van der Waals surface area (Å²) in [6.45, 7) is 1.91. The van der Waals surface area contributed by atoms with E-state index in [1.807, 2.05) is 36.7 Å². The van der Waals surface area contributed by atoms with Crippen LogP contribution in [-0.4, -0.2) is 20.3 Å². The molecule has 0 atom stereocenters. The average molecular weight is 368 g/mol. The quantitative estimate of drug-likeness (QED) is 0.568. The van der Waals surface area contributed by atoms with Crippen molar-refractivity contribution >= 4 is 38.7 Å². The monoisotopic (exact) mass is 368 g/mol. The molecule has 1 N–H and O–H groups in total. The number of thiazole rings is 2. The molecule has 0 fully saturated rings. The minimum absolute atomic E-state index is 0.0166. The van der Waals surface area contributed by atoms with Gasteiger partial charge in [-0.3, -0.25) is 9.20 Å². The number of aryl methyl sites for hydroxylation is 2. The third-order valence-electron chi connectivity index (χ3n) is 3.83. The summed E-state index contributed by atoms with van der Waals surface area (Å²) >= 11 is 3.05. The van der Waals surface area contributed by atoms with E-state index in [1.165, 1.54) is 11.3 Å². The maximum absolute atomic E-state index is 12.1. The number of amides is 1. The van der Waals surface area contributed by atoms with Crippen LogP contribution in [0.2, 0.25) is 0 Å². The van der Waals surface area contributed by atoms with Crippen LogP contribution in [0.4, 0.5) is 5.13 Å². The minimum Gasteiger partial charge on any atom is -0.302 e. The predicted octanol–water partition coefficient (Wildman–Crippen LogP) is 4.40. The number of aromatic nitrogens is 3. The van der Waals surface area contributed by atoms with Crippen LogP contribution in [0.15, 0.2) is 47.3 Å². The highest BCUT2D eigenvalue weighted by atomic mass is 32.1. The Labute approximate surface area is 153 Å². The summed E-state index contributed by atoms with van der Waals surface area (Å²) in [6.07, 6.45) is 3.13. The molecule has 25 heavy (non-hydrogen) atoms. The largest absolute Gasteiger partial charge is 0.302 e. The van der Waals surface area contributed by atoms with E-state index < -0.39 is 0 Å². The van der Waals surface area contributed by atoms with Crippen LogP contribution in [0.5, 0.6) is 0 Å². The van der Waals surface area contributed by atoms with Crippen molar-refractivity contribution in [2.75, 3.05) is 5.32 Å². The molecule has 1 amide bonds. The smallest absolute Gasteiger partial charge is 0.226 e. The molecule has 0 bridgehead atoms. The highest BCUT2D eigenvalue weighted by molar-refractivity contribution is 7.15. The number of hydrogen-bond acceptors (Lipinski definition) is 5. The SMILES string of the molecule is Cc1csc(NC(=O)CCc2csc3nc(-c4ccccc4)cn23)n1. The molecule has 3 heterocycles. The molecule has 4 rings (SSSR count). The summed E-state index contributed by atoms with van der Waals surface area (Å²) in [4.78, 5) is 22.0. The molecule has 5 nitrogen and oxygen atoms in total. The van der Waals surface area contributed by atoms with Crippen LogP contribution in [-0.2, 0) is 11.2 Å². The van der Waals surface area contributed by atoms with Crippen molar-refractivity contribution in [3.63, 3.8) is 0 Å². The zero-order chi connectivity index (χ0) is 17.2. The Hall–Kier alpha value is -2.51. The third kappa shape index (κ3) is 3.47. The van der Waals surface area contributed by atoms with Gasteiger partial charge in [-0.15, -0.1) is 22.7 Å². The van der Waals surface area contributed by atoms with E-state index in [9.17, 15) is 4.79 Å². The highest BCUT2D eigenvalue weighted by Crippen LogP contribution is 2.24. The number of nitrogens with one attached hydrogen (secondary N) is 1. The minimum atomic E-state index is -0.0166. The zero-order valence-corrected chi connectivity index (χ0v) is 15.2. The fourth-order valence-corrected chi connectivity index (χ4v) is 4.20. The number of rotatable bonds is 5. The predicted molar refractivity (Wildman–Crippen MR) is 102 cm³/mol. The average Bonchev–Trinajstić information content (AvgIpc) is 3.30. The molecular weight excluding hydrogens is 352 g/mol. The number of fused-ring (bicyclic) bond motifs is 1. The first-order valence-electron chi connectivity index (χ1n) is 7.92. The number of anilines is 1. The summed E-state index contributed by atoms with van der Waals surface area (Å²) in [5, 5.41) is 7.50. The van der Waals surface area contributed by atoms with E-state index in [0.717, 1.165) is 27.6 Å². The molecule has 0 saturated heterocycles. The first-order valence-corrected chi connectivity index (χ1v) is 9.68. The molecule has 0 spiro atoms. The molecule has 0 unspecified atom stereocenters. The van der Waals surface area contributed by atoms with E-state index >= 15 is 0 Å². The van der Waals surface area contributed by atoms with Crippen molar-refractivity contribution in [3.8, 4) is 11.3 Å². The van der Waals surface area contributed by atoms with Gasteiger partial charge in [0, 0.05) is 34.6 Å². The summed E-state index contributed by atoms with van der Waals surface area (Å²) in [5.74, 6) is -0.0166. The summed E-state index contributed by atoms with van der Waals surface area (Å²) in [7, 11) is 0. The standard InChI is InChI=1S/C18H16N4OS2/c1-12-10-24-17(19-12)21-16(23)8-7-14-11-25-18-20-15(9-22(14)18)13-5-3-2-4-6-13/h2-6,9-11H,7-8H2,1H3,(H,19,21,23). The Morgan fingerprint density at radius 3 is 2.76 bits per heavy atom. The van der Waals surface area contributed by atoms with Gasteiger partial charge in [0.2, 0.25) is 5.91 Å². The number of carbonyl (C=O) groups excluding carboxylic acids is 1. The zero-order valence-electron chi connectivity index (χ0n) is 13.6. The molecule has 3 aromatic heterocycles. The van der Waals surface area contributed by atoms with E-state index in [-0.39, 0.29) is 5.91 Å². The van der Waals surface area contributed by atoms with E-state index in [4.69, 9.17) is 0 Å². The van der Waals surface area contributed by atoms with Crippen LogP contribution >= 0.6 is 22.7 Å². The van der Waals surface area contributed by atoms with Crippen molar-refractivity contribution < 1.29 is 4.79 Å². The lowest BCUT2D eigenvalue weighted by Crippen LogP contribution is -2.12. The molecule has 4 aromatic rings. The van der Waals surface area contributed by atoms with Gasteiger partial charge in [0.05, 0.1) is 11.4 Å². The van der Waals surface area contributed by atoms with Gasteiger partial charge in [-0.05, 0) is 13.3 Å². The number of benzene rings is 1. The number of imidazole rings is 1. The normalized spacial score (nSPS) is 11.1. The van der Waals surface area contributed by atoms with Crippen molar-refractivity contribution in [2.45, 2.75) is 19.8 Å². The van der Waals surface area contributed by atoms with E-state index in [1.54, 1.807) is 11.3 Å². The third-order valence-corrected chi connectivity index (χ3v) is 5.59. The van der Waals surface area contributed by atoms with Gasteiger partial charge in [-0.1, -0.05) is 30.3 Å². The molecule has 0 aliphatic rings. The first kappa shape index (κ1) is 16.0. The maximum Gasteiger partial charge on any atom is 0.226 e. The van der Waals surface area contributed by atoms with Crippen molar-refractivity contribution in [3.05, 3.63) is 58.7 Å². The maximum atomic E-state index is 12.1. The molecule has 0 aliphatic carbocycles. The lowest BCUT2D eigenvalue weighted by molar-refractivity contribution is -0.116. The van der Waals surface area contributed by atoms with Gasteiger partial charge in [-0.2, -0.15) is 0 Å². The Morgan fingerprint density at radius 2 is 2.00 bits per heavy atom. The van der Waals surface area contributed by atoms with Crippen LogP contribution < -0.4 is 5.32 Å². The van der Waals surface area contributed by atoms with Gasteiger partial charge in [-0.25, -0.2) is 9.97 Å². The fourth-order valence-electron chi connectivity index (χ4n) is 2.59. The lowest BCUT2D eigenvalue weighted by atomic mass is 10.2. The fraction of sp³-hybridized carbons (Fsp3) is 0.167. The highest BCUT2D eigenvalue weighted by Gasteiger charge is 2.11. The second-order valence-electron chi connectivity index (χ2n) is 5.71. The van der Waals surface area contributed by atoms with Gasteiger partial charge in [0.25, 0.3) is 0 Å². The lowest BCUT2D eigenvalue weighted by Gasteiger charge is -2.01. The van der Waals surface area contributed by atoms with Crippen LogP contribution in [0.3, 0.4) is 0 Å². The second-order valence-corrected chi connectivity index (χ2v) is 7.41. The van der Waals surface area contributed by atoms with Gasteiger partial charge in [0.1, 0.15) is 0 Å². The Bertz CT molecular complexity index is 1020. The number of nitrogens with zero attached hydrogens (tertiary/aromatic N) is 3. The Balaban J connectivity index is 1.46. The van der Waals surface area contributed by atoms with E-state index in [0.29, 0.717) is 18.0 Å². The number of carbonyl (C=O) groups is 1. The Kier molecular flexibility index (Phi) is 4.33. The van der Waals surface area contributed by atoms with Gasteiger partial charge >= 0.3 is 0 Å². The molecule has 0 saturated carbocycles. The van der Waals surface area contributed by atoms with E-state index in [2.05, 4.69) is 37.2 Å². The van der Waals surface area contributed by atoms with Gasteiger partial charge < -0.3 is 5.32 Å². The Morgan fingerprint density at radius 1 is 1.16 bits per heavy atom. The first-order chi connectivity index (χ1) is 12.2. The summed E-state index contributed by atoms with van der Waals surface area (Å²) in [6, 6.07) is 10.1. The molecule has 7 heteroatoms. The van der Waals surface area contributed by atoms with Crippen LogP contribution in [0, 0.1) is 6.92 Å². The van der Waals surface area contributed by atoms with Crippen molar-refractivity contribution in [1.29, 1.82) is 0 Å². The van der Waals surface area contributed by atoms with Crippen LogP contribution in [0.25, 0.3) is 16.2 Å². The molecule has 1 aromatic carbocycles. The second kappa shape index (κ2) is 6.78. The van der Waals surface area contributed by atoms with Crippen molar-refractivity contribution in [1.82, 2.24) is 14.4 Å². The van der Waals surface area contributed by atoms with Crippen LogP contribution in [0.1, 0.15) is 17.8 Å². The van der Waals surface area contributed by atoms with Gasteiger partial charge in [0.15, 0.2) is 10.1 Å².